The van der Waals surface area contributed by atoms with Crippen molar-refractivity contribution in [3.8, 4) is 0 Å². The minimum atomic E-state index is -4.27. The molecule has 0 spiro atoms. The number of unbranched alkanes of at least 4 members (excludes halogenated alkanes) is 4. The lowest BCUT2D eigenvalue weighted by atomic mass is 10.1. The summed E-state index contributed by atoms with van der Waals surface area (Å²) >= 11 is 0. The predicted octanol–water partition coefficient (Wildman–Crippen LogP) is 3.00. The van der Waals surface area contributed by atoms with Gasteiger partial charge in [-0.15, -0.1) is 0 Å². The van der Waals surface area contributed by atoms with Crippen molar-refractivity contribution in [1.29, 1.82) is 0 Å². The van der Waals surface area contributed by atoms with Crippen molar-refractivity contribution in [2.24, 2.45) is 0 Å². The predicted molar refractivity (Wildman–Crippen MR) is 115 cm³/mol. The molecule has 0 aliphatic heterocycles. The van der Waals surface area contributed by atoms with E-state index in [0.29, 0.717) is 23.9 Å². The molecule has 3 unspecified atom stereocenters. The molecule has 8 nitrogen and oxygen atoms in total. The number of phosphoric ester groups is 1. The standard InChI is InChI=1S/C20H41N2O6P/c1-6-8-9-10-11-12-14-19(23)18(21-20(24)13-7-2)17-28-29(25,26)27-16-15-22(3,4)5/h12,14,18-19,23H,6-11,13,15-17H2,1-5H3,(H-,21,24,25,26)/p+1/b14-12+. The van der Waals surface area contributed by atoms with Crippen molar-refractivity contribution < 1.29 is 32.9 Å². The minimum Gasteiger partial charge on any atom is -0.387 e. The topological polar surface area (TPSA) is 105 Å². The van der Waals surface area contributed by atoms with E-state index in [0.717, 1.165) is 25.7 Å². The number of quaternary nitrogens is 1. The summed E-state index contributed by atoms with van der Waals surface area (Å²) in [4.78, 5) is 21.8. The molecule has 172 valence electrons. The minimum absolute atomic E-state index is 0.0599. The van der Waals surface area contributed by atoms with Crippen molar-refractivity contribution in [2.45, 2.75) is 70.9 Å². The van der Waals surface area contributed by atoms with Crippen LogP contribution >= 0.6 is 7.82 Å². The van der Waals surface area contributed by atoms with Crippen molar-refractivity contribution >= 4 is 13.7 Å². The van der Waals surface area contributed by atoms with Gasteiger partial charge in [-0.05, 0) is 19.3 Å². The van der Waals surface area contributed by atoms with Gasteiger partial charge in [0, 0.05) is 6.42 Å². The number of phosphoric acid groups is 1. The van der Waals surface area contributed by atoms with E-state index in [-0.39, 0.29) is 19.1 Å². The van der Waals surface area contributed by atoms with E-state index in [1.54, 1.807) is 6.08 Å². The smallest absolute Gasteiger partial charge is 0.387 e. The van der Waals surface area contributed by atoms with E-state index >= 15 is 0 Å². The number of nitrogens with zero attached hydrogens (tertiary/aromatic N) is 1. The molecule has 0 fully saturated rings. The fourth-order valence-electron chi connectivity index (χ4n) is 2.43. The Morgan fingerprint density at radius 1 is 1.14 bits per heavy atom. The summed E-state index contributed by atoms with van der Waals surface area (Å²) < 4.78 is 22.7. The van der Waals surface area contributed by atoms with Crippen LogP contribution < -0.4 is 5.32 Å². The summed E-state index contributed by atoms with van der Waals surface area (Å²) in [6.45, 7) is 4.30. The van der Waals surface area contributed by atoms with Crippen LogP contribution in [0.3, 0.4) is 0 Å². The van der Waals surface area contributed by atoms with E-state index in [4.69, 9.17) is 9.05 Å². The van der Waals surface area contributed by atoms with Crippen LogP contribution in [0, 0.1) is 0 Å². The van der Waals surface area contributed by atoms with Crippen LogP contribution in [0.5, 0.6) is 0 Å². The molecule has 0 aromatic rings. The Hall–Kier alpha value is -0.760. The molecule has 1 amide bonds. The first-order valence-corrected chi connectivity index (χ1v) is 12.1. The first-order valence-electron chi connectivity index (χ1n) is 10.6. The second-order valence-corrected chi connectivity index (χ2v) is 9.76. The third-order valence-corrected chi connectivity index (χ3v) is 5.21. The highest BCUT2D eigenvalue weighted by Gasteiger charge is 2.27. The van der Waals surface area contributed by atoms with Gasteiger partial charge in [-0.2, -0.15) is 0 Å². The number of nitrogens with one attached hydrogen (secondary N) is 1. The molecule has 0 aromatic heterocycles. The highest BCUT2D eigenvalue weighted by molar-refractivity contribution is 7.47. The van der Waals surface area contributed by atoms with E-state index in [2.05, 4.69) is 12.2 Å². The molecule has 0 aliphatic carbocycles. The summed E-state index contributed by atoms with van der Waals surface area (Å²) in [5.41, 5.74) is 0. The monoisotopic (exact) mass is 437 g/mol. The van der Waals surface area contributed by atoms with Crippen LogP contribution in [-0.4, -0.2) is 73.4 Å². The molecule has 0 bridgehead atoms. The van der Waals surface area contributed by atoms with Crippen molar-refractivity contribution in [3.63, 3.8) is 0 Å². The number of aliphatic hydroxyl groups excluding tert-OH is 1. The van der Waals surface area contributed by atoms with Gasteiger partial charge in [-0.25, -0.2) is 4.57 Å². The Balaban J connectivity index is 4.71. The van der Waals surface area contributed by atoms with Gasteiger partial charge in [-0.3, -0.25) is 13.8 Å². The molecule has 0 saturated carbocycles. The number of rotatable bonds is 17. The molecule has 0 saturated heterocycles. The molecule has 0 radical (unpaired) electrons. The van der Waals surface area contributed by atoms with E-state index in [9.17, 15) is 19.4 Å². The SMILES string of the molecule is CCCCCC/C=C/C(O)C(COP(=O)(O)OCC[N+](C)(C)C)NC(=O)CCC. The second kappa shape index (κ2) is 15.1. The number of aliphatic hydroxyl groups is 1. The Labute approximate surface area is 176 Å². The number of allylic oxidation sites excluding steroid dienone is 1. The average Bonchev–Trinajstić information content (AvgIpc) is 2.60. The van der Waals surface area contributed by atoms with Crippen LogP contribution in [0.1, 0.15) is 58.8 Å². The quantitative estimate of drug-likeness (QED) is 0.140. The first-order chi connectivity index (χ1) is 13.5. The molecule has 0 rings (SSSR count). The maximum Gasteiger partial charge on any atom is 0.472 e. The van der Waals surface area contributed by atoms with E-state index in [1.165, 1.54) is 6.42 Å². The van der Waals surface area contributed by atoms with Gasteiger partial charge in [0.05, 0.1) is 39.9 Å². The highest BCUT2D eigenvalue weighted by Crippen LogP contribution is 2.43. The molecule has 0 aromatic carbocycles. The molecule has 9 heteroatoms. The highest BCUT2D eigenvalue weighted by atomic mass is 31.2. The summed E-state index contributed by atoms with van der Waals surface area (Å²) in [5.74, 6) is -0.241. The molecule has 29 heavy (non-hydrogen) atoms. The zero-order chi connectivity index (χ0) is 22.3. The lowest BCUT2D eigenvalue weighted by Crippen LogP contribution is -2.45. The van der Waals surface area contributed by atoms with Crippen LogP contribution in [0.25, 0.3) is 0 Å². The molecule has 0 heterocycles. The Kier molecular flexibility index (Phi) is 14.7. The van der Waals surface area contributed by atoms with E-state index < -0.39 is 20.0 Å². The van der Waals surface area contributed by atoms with Gasteiger partial charge in [0.25, 0.3) is 0 Å². The fraction of sp³-hybridized carbons (Fsp3) is 0.850. The fourth-order valence-corrected chi connectivity index (χ4v) is 3.17. The number of hydrogen-bond acceptors (Lipinski definition) is 5. The number of hydrogen-bond donors (Lipinski definition) is 3. The summed E-state index contributed by atoms with van der Waals surface area (Å²) in [6, 6.07) is -0.830. The van der Waals surface area contributed by atoms with Crippen LogP contribution in [0.15, 0.2) is 12.2 Å². The third-order valence-electron chi connectivity index (χ3n) is 4.23. The van der Waals surface area contributed by atoms with Gasteiger partial charge >= 0.3 is 7.82 Å². The Bertz CT molecular complexity index is 522. The first kappa shape index (κ1) is 28.2. The maximum absolute atomic E-state index is 12.1. The normalized spacial score (nSPS) is 16.5. The Morgan fingerprint density at radius 2 is 1.83 bits per heavy atom. The van der Waals surface area contributed by atoms with Crippen molar-refractivity contribution in [3.05, 3.63) is 12.2 Å². The zero-order valence-corrected chi connectivity index (χ0v) is 19.7. The Morgan fingerprint density at radius 3 is 2.41 bits per heavy atom. The van der Waals surface area contributed by atoms with Crippen LogP contribution in [0.4, 0.5) is 0 Å². The zero-order valence-electron chi connectivity index (χ0n) is 18.8. The summed E-state index contributed by atoms with van der Waals surface area (Å²) in [7, 11) is 1.55. The van der Waals surface area contributed by atoms with Gasteiger partial charge < -0.3 is 19.8 Å². The van der Waals surface area contributed by atoms with Crippen molar-refractivity contribution in [1.82, 2.24) is 5.32 Å². The molecular formula is C20H42N2O6P+. The molecule has 0 aliphatic rings. The molecular weight excluding hydrogens is 395 g/mol. The van der Waals surface area contributed by atoms with Gasteiger partial charge in [0.1, 0.15) is 13.2 Å². The number of likely N-dealkylation sites (N-methyl/N-ethyl adjacent to an activating group) is 1. The summed E-state index contributed by atoms with van der Waals surface area (Å²) in [5, 5.41) is 13.1. The van der Waals surface area contributed by atoms with Crippen LogP contribution in [-0.2, 0) is 18.4 Å². The maximum atomic E-state index is 12.1. The van der Waals surface area contributed by atoms with E-state index in [1.807, 2.05) is 34.1 Å². The van der Waals surface area contributed by atoms with Crippen molar-refractivity contribution in [2.75, 3.05) is 40.9 Å². The molecule has 3 atom stereocenters. The number of carbonyl (C=O) groups excluding carboxylic acids is 1. The second-order valence-electron chi connectivity index (χ2n) is 8.30. The van der Waals surface area contributed by atoms with Crippen LogP contribution in [0.2, 0.25) is 0 Å². The number of carbonyl (C=O) groups is 1. The molecule has 3 N–H and O–H groups in total. The largest absolute Gasteiger partial charge is 0.472 e. The third kappa shape index (κ3) is 16.7. The summed E-state index contributed by atoms with van der Waals surface area (Å²) in [6.07, 6.45) is 8.76. The number of amides is 1. The lowest BCUT2D eigenvalue weighted by molar-refractivity contribution is -0.870. The van der Waals surface area contributed by atoms with Gasteiger partial charge in [0.15, 0.2) is 0 Å². The van der Waals surface area contributed by atoms with Gasteiger partial charge in [0.2, 0.25) is 5.91 Å². The lowest BCUT2D eigenvalue weighted by Gasteiger charge is -2.25. The average molecular weight is 438 g/mol. The van der Waals surface area contributed by atoms with Gasteiger partial charge in [-0.1, -0.05) is 45.3 Å².